The number of nitrogens with one attached hydrogen (secondary N) is 1. The van der Waals surface area contributed by atoms with Crippen molar-refractivity contribution in [3.05, 3.63) is 33.9 Å². The molecule has 1 rings (SSSR count). The van der Waals surface area contributed by atoms with E-state index in [-0.39, 0.29) is 5.69 Å². The maximum atomic E-state index is 12.7. The number of rotatable bonds is 3. The summed E-state index contributed by atoms with van der Waals surface area (Å²) in [5.41, 5.74) is -2.98. The topological polar surface area (TPSA) is 92.5 Å². The summed E-state index contributed by atoms with van der Waals surface area (Å²) in [5, 5.41) is 21.7. The van der Waals surface area contributed by atoms with Gasteiger partial charge in [-0.1, -0.05) is 0 Å². The van der Waals surface area contributed by atoms with Crippen molar-refractivity contribution in [3.8, 4) is 0 Å². The van der Waals surface area contributed by atoms with E-state index in [1.54, 1.807) is 0 Å². The van der Waals surface area contributed by atoms with E-state index in [0.717, 1.165) is 13.0 Å². The molecule has 0 aromatic heterocycles. The van der Waals surface area contributed by atoms with Gasteiger partial charge in [-0.3, -0.25) is 14.9 Å². The molecule has 0 saturated carbocycles. The summed E-state index contributed by atoms with van der Waals surface area (Å²) < 4.78 is 38.0. The average Bonchev–Trinajstić information content (AvgIpc) is 2.26. The fourth-order valence-corrected chi connectivity index (χ4v) is 1.31. The maximum absolute atomic E-state index is 12.7. The molecule has 1 aromatic rings. The highest BCUT2D eigenvalue weighted by molar-refractivity contribution is 7.82. The third kappa shape index (κ3) is 3.84. The summed E-state index contributed by atoms with van der Waals surface area (Å²) in [6.07, 6.45) is -4.95. The quantitative estimate of drug-likeness (QED) is 0.345. The summed E-state index contributed by atoms with van der Waals surface area (Å²) in [6, 6.07) is 1.95. The monoisotopic (exact) mass is 310 g/mol. The zero-order valence-corrected chi connectivity index (χ0v) is 10.8. The second-order valence-electron chi connectivity index (χ2n) is 3.96. The number of nitrogens with zero attached hydrogens (tertiary/aromatic N) is 1. The number of nitro benzene ring substituents is 1. The molecular formula is C10H9F3N2O4S. The van der Waals surface area contributed by atoms with Crippen LogP contribution in [0.2, 0.25) is 0 Å². The zero-order chi connectivity index (χ0) is 15.7. The van der Waals surface area contributed by atoms with Crippen LogP contribution in [0.5, 0.6) is 0 Å². The molecule has 2 N–H and O–H groups in total. The minimum atomic E-state index is -4.95. The normalized spacial score (nSPS) is 14.5. The van der Waals surface area contributed by atoms with Crippen molar-refractivity contribution < 1.29 is 28.0 Å². The van der Waals surface area contributed by atoms with Crippen molar-refractivity contribution in [1.29, 1.82) is 0 Å². The van der Waals surface area contributed by atoms with Gasteiger partial charge in [-0.2, -0.15) is 13.2 Å². The number of aliphatic hydroxyl groups is 1. The molecule has 0 heterocycles. The molecule has 0 unspecified atom stereocenters. The lowest BCUT2D eigenvalue weighted by Gasteiger charge is -2.16. The Balaban J connectivity index is 3.21. The van der Waals surface area contributed by atoms with Crippen molar-refractivity contribution in [2.24, 2.45) is 0 Å². The van der Waals surface area contributed by atoms with E-state index in [9.17, 15) is 33.2 Å². The second kappa shape index (κ2) is 5.29. The van der Waals surface area contributed by atoms with E-state index in [2.05, 4.69) is 12.6 Å². The van der Waals surface area contributed by atoms with E-state index in [0.29, 0.717) is 12.1 Å². The van der Waals surface area contributed by atoms with Gasteiger partial charge in [0.1, 0.15) is 5.56 Å². The highest BCUT2D eigenvalue weighted by Crippen LogP contribution is 2.37. The van der Waals surface area contributed by atoms with Crippen LogP contribution in [0.4, 0.5) is 24.5 Å². The first-order chi connectivity index (χ1) is 8.93. The van der Waals surface area contributed by atoms with Gasteiger partial charge < -0.3 is 10.4 Å². The Labute approximate surface area is 116 Å². The lowest BCUT2D eigenvalue weighted by molar-refractivity contribution is -0.388. The fraction of sp³-hybridized carbons (Fsp3) is 0.300. The number of alkyl halides is 3. The average molecular weight is 310 g/mol. The van der Waals surface area contributed by atoms with E-state index >= 15 is 0 Å². The van der Waals surface area contributed by atoms with Crippen LogP contribution >= 0.6 is 12.6 Å². The smallest absolute Gasteiger partial charge is 0.371 e. The molecule has 0 radical (unpaired) electrons. The number of anilines is 1. The summed E-state index contributed by atoms with van der Waals surface area (Å²) in [6.45, 7) is 1.02. The summed E-state index contributed by atoms with van der Waals surface area (Å²) >= 11 is 3.53. The van der Waals surface area contributed by atoms with Crippen LogP contribution in [0.15, 0.2) is 18.2 Å². The van der Waals surface area contributed by atoms with Crippen LogP contribution in [-0.2, 0) is 11.0 Å². The first kappa shape index (κ1) is 16.2. The van der Waals surface area contributed by atoms with Gasteiger partial charge in [-0.05, 0) is 19.1 Å². The molecule has 1 aromatic carbocycles. The predicted octanol–water partition coefficient (Wildman–Crippen LogP) is 2.19. The van der Waals surface area contributed by atoms with Gasteiger partial charge in [0.05, 0.1) is 4.92 Å². The van der Waals surface area contributed by atoms with E-state index in [1.165, 1.54) is 0 Å². The predicted molar refractivity (Wildman–Crippen MR) is 66.3 cm³/mol. The summed E-state index contributed by atoms with van der Waals surface area (Å²) in [4.78, 5) is 18.6. The molecule has 110 valence electrons. The van der Waals surface area contributed by atoms with Gasteiger partial charge in [0.25, 0.3) is 11.6 Å². The van der Waals surface area contributed by atoms with E-state index in [4.69, 9.17) is 0 Å². The molecule has 0 spiro atoms. The number of thiol groups is 1. The summed E-state index contributed by atoms with van der Waals surface area (Å²) in [5.74, 6) is -1.07. The third-order valence-electron chi connectivity index (χ3n) is 2.19. The summed E-state index contributed by atoms with van der Waals surface area (Å²) in [7, 11) is 0. The van der Waals surface area contributed by atoms with Gasteiger partial charge in [0.2, 0.25) is 0 Å². The lowest BCUT2D eigenvalue weighted by Crippen LogP contribution is -2.34. The first-order valence-corrected chi connectivity index (χ1v) is 5.49. The SMILES string of the molecule is C[C@](O)(S)C(=O)Nc1ccc([N+](=O)[O-])c(C(F)(F)F)c1. The Morgan fingerprint density at radius 1 is 1.45 bits per heavy atom. The number of benzene rings is 1. The van der Waals surface area contributed by atoms with Crippen LogP contribution in [0.3, 0.4) is 0 Å². The van der Waals surface area contributed by atoms with Crippen LogP contribution in [0, 0.1) is 10.1 Å². The Kier molecular flexibility index (Phi) is 4.30. The molecule has 1 amide bonds. The van der Waals surface area contributed by atoms with Gasteiger partial charge >= 0.3 is 6.18 Å². The zero-order valence-electron chi connectivity index (χ0n) is 9.93. The molecule has 10 heteroatoms. The number of hydrogen-bond donors (Lipinski definition) is 3. The van der Waals surface area contributed by atoms with Crippen LogP contribution < -0.4 is 5.32 Å². The molecule has 20 heavy (non-hydrogen) atoms. The van der Waals surface area contributed by atoms with E-state index in [1.807, 2.05) is 5.32 Å². The molecule has 0 fully saturated rings. The van der Waals surface area contributed by atoms with Crippen LogP contribution in [-0.4, -0.2) is 20.9 Å². The number of nitro groups is 1. The van der Waals surface area contributed by atoms with Crippen molar-refractivity contribution >= 4 is 29.9 Å². The standard InChI is InChI=1S/C10H9F3N2O4S/c1-9(17,20)8(16)14-5-2-3-7(15(18)19)6(4-5)10(11,12)13/h2-4,17,20H,1H3,(H,14,16)/t9-/m0/s1. The van der Waals surface area contributed by atoms with Crippen molar-refractivity contribution in [2.75, 3.05) is 5.32 Å². The molecule has 6 nitrogen and oxygen atoms in total. The molecular weight excluding hydrogens is 301 g/mol. The number of hydrogen-bond acceptors (Lipinski definition) is 5. The molecule has 0 aliphatic heterocycles. The molecule has 0 aliphatic rings. The number of amides is 1. The highest BCUT2D eigenvalue weighted by atomic mass is 32.1. The Morgan fingerprint density at radius 2 is 2.00 bits per heavy atom. The van der Waals surface area contributed by atoms with E-state index < -0.39 is 33.2 Å². The minimum Gasteiger partial charge on any atom is -0.371 e. The lowest BCUT2D eigenvalue weighted by atomic mass is 10.1. The molecule has 0 bridgehead atoms. The maximum Gasteiger partial charge on any atom is 0.423 e. The second-order valence-corrected chi connectivity index (χ2v) is 4.83. The number of carbonyl (C=O) groups excluding carboxylic acids is 1. The Bertz CT molecular complexity index is 554. The minimum absolute atomic E-state index is 0.345. The largest absolute Gasteiger partial charge is 0.423 e. The Morgan fingerprint density at radius 3 is 2.40 bits per heavy atom. The van der Waals surface area contributed by atoms with Gasteiger partial charge in [0, 0.05) is 11.8 Å². The number of halogens is 3. The van der Waals surface area contributed by atoms with Crippen molar-refractivity contribution in [1.82, 2.24) is 0 Å². The van der Waals surface area contributed by atoms with Gasteiger partial charge in [-0.25, -0.2) is 0 Å². The van der Waals surface area contributed by atoms with Crippen molar-refractivity contribution in [3.63, 3.8) is 0 Å². The third-order valence-corrected chi connectivity index (χ3v) is 2.39. The molecule has 0 saturated heterocycles. The molecule has 1 atom stereocenters. The van der Waals surface area contributed by atoms with Crippen LogP contribution in [0.25, 0.3) is 0 Å². The number of carbonyl (C=O) groups is 1. The first-order valence-electron chi connectivity index (χ1n) is 5.05. The van der Waals surface area contributed by atoms with Crippen LogP contribution in [0.1, 0.15) is 12.5 Å². The highest BCUT2D eigenvalue weighted by Gasteiger charge is 2.38. The molecule has 0 aliphatic carbocycles. The van der Waals surface area contributed by atoms with Crippen molar-refractivity contribution in [2.45, 2.75) is 18.0 Å². The fourth-order valence-electron chi connectivity index (χ4n) is 1.25. The van der Waals surface area contributed by atoms with Gasteiger partial charge in [-0.15, -0.1) is 12.6 Å². The van der Waals surface area contributed by atoms with Gasteiger partial charge in [0.15, 0.2) is 4.93 Å². The Hall–Kier alpha value is -1.81.